The maximum absolute atomic E-state index is 12.3. The Bertz CT molecular complexity index is 483. The minimum atomic E-state index is -0.366. The summed E-state index contributed by atoms with van der Waals surface area (Å²) in [5, 5.41) is 9.22. The van der Waals surface area contributed by atoms with Crippen molar-refractivity contribution in [3.05, 3.63) is 17.7 Å². The van der Waals surface area contributed by atoms with Gasteiger partial charge in [0.2, 0.25) is 12.7 Å². The van der Waals surface area contributed by atoms with Crippen LogP contribution < -0.4 is 14.4 Å². The first kappa shape index (κ1) is 13.7. The number of ether oxygens (including phenoxy) is 2. The van der Waals surface area contributed by atoms with Gasteiger partial charge in [-0.1, -0.05) is 6.92 Å². The Morgan fingerprint density at radius 2 is 2.05 bits per heavy atom. The molecule has 5 nitrogen and oxygen atoms in total. The molecular formula is C14H19NO4. The molecule has 0 saturated heterocycles. The first-order valence-electron chi connectivity index (χ1n) is 6.37. The van der Waals surface area contributed by atoms with E-state index in [1.165, 1.54) is 0 Å². The van der Waals surface area contributed by atoms with Gasteiger partial charge in [0.15, 0.2) is 11.5 Å². The molecule has 1 N–H and O–H groups in total. The monoisotopic (exact) mass is 265 g/mol. The second-order valence-electron chi connectivity index (χ2n) is 4.68. The standard InChI is InChI=1S/C14H19NO4/c1-4-10(7-16)14(17)15(3)11-6-13-12(5-9(11)2)18-8-19-13/h5-6,10,16H,4,7-8H2,1-3H3. The van der Waals surface area contributed by atoms with Crippen molar-refractivity contribution in [3.63, 3.8) is 0 Å². The molecule has 0 fully saturated rings. The van der Waals surface area contributed by atoms with E-state index in [0.717, 1.165) is 11.3 Å². The Labute approximate surface area is 112 Å². The minimum absolute atomic E-state index is 0.0908. The van der Waals surface area contributed by atoms with Crippen LogP contribution in [0.15, 0.2) is 12.1 Å². The van der Waals surface area contributed by atoms with E-state index in [1.54, 1.807) is 18.0 Å². The molecule has 1 unspecified atom stereocenters. The Hall–Kier alpha value is -1.75. The van der Waals surface area contributed by atoms with Crippen LogP contribution in [-0.4, -0.2) is 31.5 Å². The fourth-order valence-electron chi connectivity index (χ4n) is 2.17. The van der Waals surface area contributed by atoms with Crippen molar-refractivity contribution in [2.45, 2.75) is 20.3 Å². The van der Waals surface area contributed by atoms with Crippen LogP contribution in [0.25, 0.3) is 0 Å². The Morgan fingerprint density at radius 3 is 2.63 bits per heavy atom. The molecule has 1 atom stereocenters. The van der Waals surface area contributed by atoms with Crippen LogP contribution in [0.2, 0.25) is 0 Å². The van der Waals surface area contributed by atoms with Gasteiger partial charge in [0.1, 0.15) is 0 Å². The molecule has 1 aromatic carbocycles. The number of aliphatic hydroxyl groups is 1. The zero-order chi connectivity index (χ0) is 14.0. The van der Waals surface area contributed by atoms with Crippen molar-refractivity contribution < 1.29 is 19.4 Å². The van der Waals surface area contributed by atoms with Gasteiger partial charge in [-0.15, -0.1) is 0 Å². The number of carbonyl (C=O) groups excluding carboxylic acids is 1. The summed E-state index contributed by atoms with van der Waals surface area (Å²) in [7, 11) is 1.71. The van der Waals surface area contributed by atoms with Gasteiger partial charge < -0.3 is 19.5 Å². The van der Waals surface area contributed by atoms with Crippen LogP contribution in [-0.2, 0) is 4.79 Å². The third kappa shape index (κ3) is 2.51. The molecule has 1 amide bonds. The third-order valence-electron chi connectivity index (χ3n) is 3.45. The number of aliphatic hydroxyl groups excluding tert-OH is 1. The molecule has 5 heteroatoms. The highest BCUT2D eigenvalue weighted by molar-refractivity contribution is 5.95. The summed E-state index contributed by atoms with van der Waals surface area (Å²) in [4.78, 5) is 13.8. The molecule has 0 radical (unpaired) electrons. The van der Waals surface area contributed by atoms with Crippen LogP contribution in [0.1, 0.15) is 18.9 Å². The summed E-state index contributed by atoms with van der Waals surface area (Å²) in [6.45, 7) is 3.88. The van der Waals surface area contributed by atoms with Gasteiger partial charge in [-0.05, 0) is 25.0 Å². The highest BCUT2D eigenvalue weighted by Crippen LogP contribution is 2.38. The molecule has 2 rings (SSSR count). The lowest BCUT2D eigenvalue weighted by Gasteiger charge is -2.23. The van der Waals surface area contributed by atoms with E-state index < -0.39 is 0 Å². The zero-order valence-electron chi connectivity index (χ0n) is 11.5. The maximum atomic E-state index is 12.3. The topological polar surface area (TPSA) is 59.0 Å². The Morgan fingerprint density at radius 1 is 1.42 bits per heavy atom. The van der Waals surface area contributed by atoms with Crippen LogP contribution >= 0.6 is 0 Å². The van der Waals surface area contributed by atoms with Crippen LogP contribution in [0.5, 0.6) is 11.5 Å². The SMILES string of the molecule is CCC(CO)C(=O)N(C)c1cc2c(cc1C)OCO2. The zero-order valence-corrected chi connectivity index (χ0v) is 11.5. The summed E-state index contributed by atoms with van der Waals surface area (Å²) in [6.07, 6.45) is 0.614. The largest absolute Gasteiger partial charge is 0.454 e. The molecule has 0 bridgehead atoms. The fourth-order valence-corrected chi connectivity index (χ4v) is 2.17. The van der Waals surface area contributed by atoms with Gasteiger partial charge in [0.25, 0.3) is 0 Å². The van der Waals surface area contributed by atoms with Crippen LogP contribution in [0.4, 0.5) is 5.69 Å². The second kappa shape index (κ2) is 5.48. The normalized spacial score (nSPS) is 14.3. The number of aryl methyl sites for hydroxylation is 1. The smallest absolute Gasteiger partial charge is 0.232 e. The van der Waals surface area contributed by atoms with Crippen LogP contribution in [0.3, 0.4) is 0 Å². The summed E-state index contributed by atoms with van der Waals surface area (Å²) in [5.74, 6) is 0.899. The van der Waals surface area contributed by atoms with Crippen molar-refractivity contribution >= 4 is 11.6 Å². The summed E-state index contributed by atoms with van der Waals surface area (Å²) < 4.78 is 10.6. The lowest BCUT2D eigenvalue weighted by molar-refractivity contribution is -0.123. The van der Waals surface area contributed by atoms with E-state index in [2.05, 4.69) is 0 Å². The first-order chi connectivity index (χ1) is 9.08. The van der Waals surface area contributed by atoms with Gasteiger partial charge in [0.05, 0.1) is 18.2 Å². The van der Waals surface area contributed by atoms with Gasteiger partial charge in [-0.25, -0.2) is 0 Å². The molecule has 104 valence electrons. The summed E-state index contributed by atoms with van der Waals surface area (Å²) in [6, 6.07) is 3.67. The van der Waals surface area contributed by atoms with Crippen molar-refractivity contribution in [1.82, 2.24) is 0 Å². The molecule has 0 spiro atoms. The second-order valence-corrected chi connectivity index (χ2v) is 4.68. The van der Waals surface area contributed by atoms with Gasteiger partial charge in [-0.2, -0.15) is 0 Å². The van der Waals surface area contributed by atoms with E-state index in [4.69, 9.17) is 9.47 Å². The molecule has 1 heterocycles. The molecule has 0 aliphatic carbocycles. The van der Waals surface area contributed by atoms with E-state index in [9.17, 15) is 9.90 Å². The highest BCUT2D eigenvalue weighted by atomic mass is 16.7. The Balaban J connectivity index is 2.28. The number of hydrogen-bond donors (Lipinski definition) is 1. The average molecular weight is 265 g/mol. The quantitative estimate of drug-likeness (QED) is 0.900. The number of amides is 1. The van der Waals surface area contributed by atoms with Gasteiger partial charge in [-0.3, -0.25) is 4.79 Å². The van der Waals surface area contributed by atoms with E-state index in [1.807, 2.05) is 19.9 Å². The number of carbonyl (C=O) groups is 1. The van der Waals surface area contributed by atoms with Gasteiger partial charge in [0, 0.05) is 13.1 Å². The number of fused-ring (bicyclic) bond motifs is 1. The predicted molar refractivity (Wildman–Crippen MR) is 71.6 cm³/mol. The maximum Gasteiger partial charge on any atom is 0.232 e. The number of nitrogens with zero attached hydrogens (tertiary/aromatic N) is 1. The summed E-state index contributed by atoms with van der Waals surface area (Å²) >= 11 is 0. The van der Waals surface area contributed by atoms with E-state index in [0.29, 0.717) is 17.9 Å². The average Bonchev–Trinajstić information content (AvgIpc) is 2.85. The molecule has 1 aliphatic rings. The molecule has 0 saturated carbocycles. The minimum Gasteiger partial charge on any atom is -0.454 e. The lowest BCUT2D eigenvalue weighted by atomic mass is 10.1. The van der Waals surface area contributed by atoms with Crippen molar-refractivity contribution in [1.29, 1.82) is 0 Å². The lowest BCUT2D eigenvalue weighted by Crippen LogP contribution is -2.34. The first-order valence-corrected chi connectivity index (χ1v) is 6.37. The molecular weight excluding hydrogens is 246 g/mol. The number of anilines is 1. The molecule has 0 aromatic heterocycles. The number of hydrogen-bond acceptors (Lipinski definition) is 4. The third-order valence-corrected chi connectivity index (χ3v) is 3.45. The Kier molecular flexibility index (Phi) is 3.95. The molecule has 1 aromatic rings. The summed E-state index contributed by atoms with van der Waals surface area (Å²) in [5.41, 5.74) is 1.72. The van der Waals surface area contributed by atoms with Gasteiger partial charge >= 0.3 is 0 Å². The fraction of sp³-hybridized carbons (Fsp3) is 0.500. The molecule has 1 aliphatic heterocycles. The van der Waals surface area contributed by atoms with Crippen molar-refractivity contribution in [2.24, 2.45) is 5.92 Å². The van der Waals surface area contributed by atoms with E-state index in [-0.39, 0.29) is 25.2 Å². The van der Waals surface area contributed by atoms with Crippen molar-refractivity contribution in [3.8, 4) is 11.5 Å². The predicted octanol–water partition coefficient (Wildman–Crippen LogP) is 1.71. The highest BCUT2D eigenvalue weighted by Gasteiger charge is 2.24. The van der Waals surface area contributed by atoms with E-state index >= 15 is 0 Å². The van der Waals surface area contributed by atoms with Crippen molar-refractivity contribution in [2.75, 3.05) is 25.3 Å². The number of benzene rings is 1. The van der Waals surface area contributed by atoms with Crippen LogP contribution in [0, 0.1) is 12.8 Å². The number of rotatable bonds is 4. The molecule has 19 heavy (non-hydrogen) atoms.